The Balaban J connectivity index is 3.06. The van der Waals surface area contributed by atoms with Crippen LogP contribution in [-0.4, -0.2) is 35.7 Å². The molecule has 5 heteroatoms. The molecule has 0 aliphatic carbocycles. The number of carbonyl (C=O) groups excluding carboxylic acids is 2. The summed E-state index contributed by atoms with van der Waals surface area (Å²) in [4.78, 5) is 23.1. The summed E-state index contributed by atoms with van der Waals surface area (Å²) in [5, 5.41) is 9.08. The Kier molecular flexibility index (Phi) is 4.67. The lowest BCUT2D eigenvalue weighted by Crippen LogP contribution is -2.25. The summed E-state index contributed by atoms with van der Waals surface area (Å²) < 4.78 is 10.3. The van der Waals surface area contributed by atoms with Crippen LogP contribution < -0.4 is 0 Å². The zero-order valence-electron chi connectivity index (χ0n) is 11.5. The van der Waals surface area contributed by atoms with Gasteiger partial charge in [0.05, 0.1) is 13.2 Å². The van der Waals surface area contributed by atoms with Gasteiger partial charge in [-0.15, -0.1) is 0 Å². The maximum Gasteiger partial charge on any atom is 0.346 e. The number of aliphatic hydroxyl groups excluding tert-OH is 1. The van der Waals surface area contributed by atoms with Crippen LogP contribution in [0.4, 0.5) is 0 Å². The molecular weight excluding hydrogens is 248 g/mol. The summed E-state index contributed by atoms with van der Waals surface area (Å²) >= 11 is 0. The van der Waals surface area contributed by atoms with Gasteiger partial charge in [-0.3, -0.25) is 4.79 Å². The van der Waals surface area contributed by atoms with E-state index in [0.29, 0.717) is 0 Å². The van der Waals surface area contributed by atoms with Gasteiger partial charge in [-0.1, -0.05) is 18.2 Å². The molecule has 0 bridgehead atoms. The second-order valence-electron chi connectivity index (χ2n) is 4.45. The topological polar surface area (TPSA) is 72.8 Å². The first kappa shape index (κ1) is 15.2. The van der Waals surface area contributed by atoms with Crippen LogP contribution in [0.1, 0.15) is 20.8 Å². The predicted molar refractivity (Wildman–Crippen MR) is 69.2 cm³/mol. The van der Waals surface area contributed by atoms with Crippen LogP contribution in [0.5, 0.6) is 0 Å². The number of hydrogen-bond donors (Lipinski definition) is 1. The van der Waals surface area contributed by atoms with Gasteiger partial charge in [0.1, 0.15) is 5.57 Å². The van der Waals surface area contributed by atoms with E-state index in [1.165, 1.54) is 14.0 Å². The van der Waals surface area contributed by atoms with Gasteiger partial charge in [0.2, 0.25) is 0 Å². The molecule has 0 saturated heterocycles. The molecule has 19 heavy (non-hydrogen) atoms. The Labute approximate surface area is 112 Å². The van der Waals surface area contributed by atoms with Crippen molar-refractivity contribution in [3.8, 4) is 0 Å². The smallest absolute Gasteiger partial charge is 0.346 e. The van der Waals surface area contributed by atoms with Gasteiger partial charge in [0.25, 0.3) is 0 Å². The van der Waals surface area contributed by atoms with Crippen molar-refractivity contribution in [3.05, 3.63) is 35.6 Å². The molecule has 0 radical (unpaired) electrons. The molecule has 0 amide bonds. The number of esters is 1. The summed E-state index contributed by atoms with van der Waals surface area (Å²) in [5.74, 6) is -0.874. The van der Waals surface area contributed by atoms with Crippen molar-refractivity contribution in [2.24, 2.45) is 0 Å². The molecule has 1 aliphatic rings. The van der Waals surface area contributed by atoms with E-state index < -0.39 is 23.5 Å². The number of ether oxygens (including phenoxy) is 2. The third kappa shape index (κ3) is 3.32. The van der Waals surface area contributed by atoms with Gasteiger partial charge in [-0.25, -0.2) is 4.79 Å². The molecule has 1 aliphatic heterocycles. The SMILES string of the molecule is COC1=C(C(C)=O)C(=O)OC1(C)/C=C/C=C/C(C)O. The summed E-state index contributed by atoms with van der Waals surface area (Å²) in [5.41, 5.74) is -1.16. The van der Waals surface area contributed by atoms with Crippen molar-refractivity contribution in [2.75, 3.05) is 7.11 Å². The third-order valence-electron chi connectivity index (χ3n) is 2.66. The highest BCUT2D eigenvalue weighted by Crippen LogP contribution is 2.34. The number of cyclic esters (lactones) is 1. The number of hydrogen-bond acceptors (Lipinski definition) is 5. The van der Waals surface area contributed by atoms with Gasteiger partial charge in [-0.05, 0) is 26.8 Å². The first-order chi connectivity index (χ1) is 8.81. The molecule has 2 atom stereocenters. The highest BCUT2D eigenvalue weighted by atomic mass is 16.6. The number of allylic oxidation sites excluding steroid dienone is 2. The molecule has 0 saturated carbocycles. The Morgan fingerprint density at radius 1 is 1.47 bits per heavy atom. The zero-order valence-corrected chi connectivity index (χ0v) is 11.5. The molecule has 1 heterocycles. The Bertz CT molecular complexity index is 470. The number of aliphatic hydroxyl groups is 1. The first-order valence-electron chi connectivity index (χ1n) is 5.89. The zero-order chi connectivity index (χ0) is 14.6. The van der Waals surface area contributed by atoms with Crippen LogP contribution in [0.15, 0.2) is 35.6 Å². The second-order valence-corrected chi connectivity index (χ2v) is 4.45. The molecule has 0 spiro atoms. The standard InChI is InChI=1S/C14H18O5/c1-9(15)7-5-6-8-14(3)12(18-4)11(10(2)16)13(17)19-14/h5-9,15H,1-4H3/b7-5+,8-6+. The normalized spacial score (nSPS) is 25.2. The number of Topliss-reactive ketones (excluding diaryl/α,β-unsaturated/α-hetero) is 1. The van der Waals surface area contributed by atoms with Crippen molar-refractivity contribution < 1.29 is 24.2 Å². The molecule has 0 aromatic heterocycles. The molecule has 0 fully saturated rings. The summed E-state index contributed by atoms with van der Waals surface area (Å²) in [6.07, 6.45) is 5.86. The van der Waals surface area contributed by atoms with E-state index in [4.69, 9.17) is 14.6 Å². The third-order valence-corrected chi connectivity index (χ3v) is 2.66. The lowest BCUT2D eigenvalue weighted by Gasteiger charge is -2.21. The molecule has 2 unspecified atom stereocenters. The molecule has 1 N–H and O–H groups in total. The highest BCUT2D eigenvalue weighted by Gasteiger charge is 2.45. The van der Waals surface area contributed by atoms with Gasteiger partial charge in [0, 0.05) is 0 Å². The van der Waals surface area contributed by atoms with E-state index >= 15 is 0 Å². The van der Waals surface area contributed by atoms with E-state index in [1.54, 1.807) is 38.2 Å². The van der Waals surface area contributed by atoms with Crippen LogP contribution in [0.3, 0.4) is 0 Å². The summed E-state index contributed by atoms with van der Waals surface area (Å²) in [6, 6.07) is 0. The lowest BCUT2D eigenvalue weighted by atomic mass is 10.0. The Morgan fingerprint density at radius 2 is 2.11 bits per heavy atom. The van der Waals surface area contributed by atoms with E-state index in [-0.39, 0.29) is 11.3 Å². The maximum atomic E-state index is 11.7. The fourth-order valence-corrected chi connectivity index (χ4v) is 1.81. The van der Waals surface area contributed by atoms with Crippen molar-refractivity contribution in [1.82, 2.24) is 0 Å². The van der Waals surface area contributed by atoms with Crippen LogP contribution in [-0.2, 0) is 19.1 Å². The maximum absolute atomic E-state index is 11.7. The Hall–Kier alpha value is -1.88. The minimum Gasteiger partial charge on any atom is -0.495 e. The fourth-order valence-electron chi connectivity index (χ4n) is 1.81. The molecule has 1 rings (SSSR count). The van der Waals surface area contributed by atoms with Crippen molar-refractivity contribution >= 4 is 11.8 Å². The molecule has 0 aromatic rings. The highest BCUT2D eigenvalue weighted by molar-refractivity contribution is 6.18. The lowest BCUT2D eigenvalue weighted by molar-refractivity contribution is -0.144. The van der Waals surface area contributed by atoms with E-state index in [9.17, 15) is 9.59 Å². The van der Waals surface area contributed by atoms with Crippen LogP contribution in [0.25, 0.3) is 0 Å². The average Bonchev–Trinajstić information content (AvgIpc) is 2.55. The van der Waals surface area contributed by atoms with Crippen LogP contribution in [0.2, 0.25) is 0 Å². The quantitative estimate of drug-likeness (QED) is 0.461. The second kappa shape index (κ2) is 5.84. The van der Waals surface area contributed by atoms with Gasteiger partial charge in [-0.2, -0.15) is 0 Å². The molecule has 104 valence electrons. The van der Waals surface area contributed by atoms with Crippen molar-refractivity contribution in [1.29, 1.82) is 0 Å². The monoisotopic (exact) mass is 266 g/mol. The van der Waals surface area contributed by atoms with Crippen LogP contribution >= 0.6 is 0 Å². The Morgan fingerprint density at radius 3 is 2.58 bits per heavy atom. The molecular formula is C14H18O5. The number of ketones is 1. The number of carbonyl (C=O) groups is 2. The number of rotatable bonds is 5. The van der Waals surface area contributed by atoms with Crippen molar-refractivity contribution in [2.45, 2.75) is 32.5 Å². The molecule has 0 aromatic carbocycles. The van der Waals surface area contributed by atoms with Gasteiger partial charge < -0.3 is 14.6 Å². The van der Waals surface area contributed by atoms with Crippen molar-refractivity contribution in [3.63, 3.8) is 0 Å². The van der Waals surface area contributed by atoms with Gasteiger partial charge in [0.15, 0.2) is 17.1 Å². The largest absolute Gasteiger partial charge is 0.495 e. The summed E-state index contributed by atoms with van der Waals surface area (Å²) in [6.45, 7) is 4.54. The van der Waals surface area contributed by atoms with Gasteiger partial charge >= 0.3 is 5.97 Å². The minimum absolute atomic E-state index is 0.0610. The predicted octanol–water partition coefficient (Wildman–Crippen LogP) is 1.28. The van der Waals surface area contributed by atoms with E-state index in [0.717, 1.165) is 0 Å². The number of methoxy groups -OCH3 is 1. The summed E-state index contributed by atoms with van der Waals surface area (Å²) in [7, 11) is 1.39. The first-order valence-corrected chi connectivity index (χ1v) is 5.89. The fraction of sp³-hybridized carbons (Fsp3) is 0.429. The molecule has 5 nitrogen and oxygen atoms in total. The van der Waals surface area contributed by atoms with Crippen LogP contribution in [0, 0.1) is 0 Å². The van der Waals surface area contributed by atoms with E-state index in [2.05, 4.69) is 0 Å². The minimum atomic E-state index is -1.10. The average molecular weight is 266 g/mol. The van der Waals surface area contributed by atoms with E-state index in [1.807, 2.05) is 0 Å².